The molecule has 2 heterocycles. The van der Waals surface area contributed by atoms with Crippen LogP contribution < -0.4 is 5.32 Å². The molecular weight excluding hydrogens is 296 g/mol. The zero-order chi connectivity index (χ0) is 16.4. The molecule has 2 N–H and O–H groups in total. The van der Waals surface area contributed by atoms with Crippen molar-refractivity contribution in [1.82, 2.24) is 19.6 Å². The van der Waals surface area contributed by atoms with Crippen LogP contribution in [0.1, 0.15) is 30.1 Å². The zero-order valence-corrected chi connectivity index (χ0v) is 13.0. The van der Waals surface area contributed by atoms with Crippen LogP contribution in [0.5, 0.6) is 0 Å². The number of imidazole rings is 1. The number of hydrogen-bond acceptors (Lipinski definition) is 4. The second kappa shape index (κ2) is 6.37. The van der Waals surface area contributed by atoms with E-state index in [0.717, 1.165) is 18.5 Å². The van der Waals surface area contributed by atoms with E-state index in [2.05, 4.69) is 10.3 Å². The standard InChI is InChI=1S/C16H20N4O3/c1-2-19(10-15(21)22)13-7-12(8-13)18-16(23)11-3-4-14-17-5-6-20(14)9-11/h3-6,9,12-13H,2,7-8,10H2,1H3,(H,18,23)(H,21,22). The molecule has 1 amide bonds. The second-order valence-corrected chi connectivity index (χ2v) is 5.86. The Labute approximate surface area is 133 Å². The molecule has 0 unspecified atom stereocenters. The third-order valence-electron chi connectivity index (χ3n) is 4.36. The largest absolute Gasteiger partial charge is 0.480 e. The number of hydrogen-bond donors (Lipinski definition) is 2. The number of amides is 1. The summed E-state index contributed by atoms with van der Waals surface area (Å²) >= 11 is 0. The maximum atomic E-state index is 12.3. The smallest absolute Gasteiger partial charge is 0.317 e. The fourth-order valence-electron chi connectivity index (χ4n) is 3.00. The van der Waals surface area contributed by atoms with Crippen molar-refractivity contribution in [1.29, 1.82) is 0 Å². The van der Waals surface area contributed by atoms with Crippen LogP contribution in [0.15, 0.2) is 30.7 Å². The first-order valence-corrected chi connectivity index (χ1v) is 7.76. The Balaban J connectivity index is 1.54. The van der Waals surface area contributed by atoms with Crippen LogP contribution >= 0.6 is 0 Å². The van der Waals surface area contributed by atoms with Crippen LogP contribution in [-0.2, 0) is 4.79 Å². The summed E-state index contributed by atoms with van der Waals surface area (Å²) in [6, 6.07) is 3.91. The van der Waals surface area contributed by atoms with E-state index < -0.39 is 5.97 Å². The molecule has 3 rings (SSSR count). The molecule has 1 saturated carbocycles. The monoisotopic (exact) mass is 316 g/mol. The summed E-state index contributed by atoms with van der Waals surface area (Å²) in [6.45, 7) is 2.71. The average molecular weight is 316 g/mol. The summed E-state index contributed by atoms with van der Waals surface area (Å²) in [5.74, 6) is -0.918. The van der Waals surface area contributed by atoms with Crippen LogP contribution in [0, 0.1) is 0 Å². The fraction of sp³-hybridized carbons (Fsp3) is 0.438. The van der Waals surface area contributed by atoms with Crippen molar-refractivity contribution < 1.29 is 14.7 Å². The number of fused-ring (bicyclic) bond motifs is 1. The summed E-state index contributed by atoms with van der Waals surface area (Å²) in [4.78, 5) is 29.2. The van der Waals surface area contributed by atoms with Gasteiger partial charge >= 0.3 is 5.97 Å². The van der Waals surface area contributed by atoms with E-state index in [4.69, 9.17) is 5.11 Å². The Hall–Kier alpha value is -2.41. The van der Waals surface area contributed by atoms with Gasteiger partial charge in [-0.3, -0.25) is 14.5 Å². The summed E-state index contributed by atoms with van der Waals surface area (Å²) in [6.07, 6.45) is 6.84. The van der Waals surface area contributed by atoms with Gasteiger partial charge in [-0.2, -0.15) is 0 Å². The van der Waals surface area contributed by atoms with Gasteiger partial charge in [0.1, 0.15) is 5.65 Å². The molecule has 1 fully saturated rings. The molecule has 0 atom stereocenters. The second-order valence-electron chi connectivity index (χ2n) is 5.86. The van der Waals surface area contributed by atoms with E-state index >= 15 is 0 Å². The molecule has 1 aliphatic carbocycles. The number of rotatable bonds is 6. The van der Waals surface area contributed by atoms with E-state index in [1.54, 1.807) is 24.7 Å². The molecule has 0 radical (unpaired) electrons. The van der Waals surface area contributed by atoms with Gasteiger partial charge in [0.2, 0.25) is 0 Å². The van der Waals surface area contributed by atoms with Gasteiger partial charge in [0.15, 0.2) is 0 Å². The number of carboxylic acid groups (broad SMARTS) is 1. The van der Waals surface area contributed by atoms with E-state index in [9.17, 15) is 9.59 Å². The SMILES string of the molecule is CCN(CC(=O)O)C1CC(NC(=O)c2ccc3nccn3c2)C1. The Kier molecular flexibility index (Phi) is 4.29. The third-order valence-corrected chi connectivity index (χ3v) is 4.36. The third kappa shape index (κ3) is 3.34. The van der Waals surface area contributed by atoms with Crippen molar-refractivity contribution in [2.24, 2.45) is 0 Å². The predicted octanol–water partition coefficient (Wildman–Crippen LogP) is 1.00. The molecule has 0 saturated heterocycles. The van der Waals surface area contributed by atoms with Crippen molar-refractivity contribution in [3.05, 3.63) is 36.3 Å². The number of carbonyl (C=O) groups is 2. The Morgan fingerprint density at radius 3 is 2.91 bits per heavy atom. The molecule has 0 aromatic carbocycles. The Bertz CT molecular complexity index is 721. The van der Waals surface area contributed by atoms with Gasteiger partial charge in [-0.05, 0) is 31.5 Å². The van der Waals surface area contributed by atoms with Crippen LogP contribution in [0.3, 0.4) is 0 Å². The van der Waals surface area contributed by atoms with E-state index in [0.29, 0.717) is 12.1 Å². The minimum absolute atomic E-state index is 0.0547. The van der Waals surface area contributed by atoms with E-state index in [-0.39, 0.29) is 24.5 Å². The number of aliphatic carboxylic acids is 1. The van der Waals surface area contributed by atoms with Crippen LogP contribution in [0.4, 0.5) is 0 Å². The molecule has 0 spiro atoms. The Morgan fingerprint density at radius 2 is 2.22 bits per heavy atom. The molecule has 23 heavy (non-hydrogen) atoms. The highest BCUT2D eigenvalue weighted by Gasteiger charge is 2.34. The summed E-state index contributed by atoms with van der Waals surface area (Å²) in [7, 11) is 0. The van der Waals surface area contributed by atoms with E-state index in [1.165, 1.54) is 0 Å². The first-order chi connectivity index (χ1) is 11.1. The number of nitrogens with one attached hydrogen (secondary N) is 1. The molecular formula is C16H20N4O3. The van der Waals surface area contributed by atoms with Gasteiger partial charge in [0, 0.05) is 30.7 Å². The molecule has 1 aliphatic rings. The summed E-state index contributed by atoms with van der Waals surface area (Å²) in [5, 5.41) is 11.9. The number of carbonyl (C=O) groups excluding carboxylic acids is 1. The first kappa shape index (κ1) is 15.5. The highest BCUT2D eigenvalue weighted by atomic mass is 16.4. The predicted molar refractivity (Wildman–Crippen MR) is 84.4 cm³/mol. The van der Waals surface area contributed by atoms with Crippen molar-refractivity contribution in [3.8, 4) is 0 Å². The van der Waals surface area contributed by atoms with Gasteiger partial charge < -0.3 is 14.8 Å². The fourth-order valence-corrected chi connectivity index (χ4v) is 3.00. The normalized spacial score (nSPS) is 20.4. The lowest BCUT2D eigenvalue weighted by atomic mass is 9.85. The lowest BCUT2D eigenvalue weighted by Crippen LogP contribution is -2.54. The summed E-state index contributed by atoms with van der Waals surface area (Å²) in [5.41, 5.74) is 1.40. The first-order valence-electron chi connectivity index (χ1n) is 7.76. The number of likely N-dealkylation sites (N-methyl/N-ethyl adjacent to an activating group) is 1. The highest BCUT2D eigenvalue weighted by molar-refractivity contribution is 5.94. The maximum Gasteiger partial charge on any atom is 0.317 e. The van der Waals surface area contributed by atoms with Crippen molar-refractivity contribution in [2.75, 3.05) is 13.1 Å². The number of nitrogens with zero attached hydrogens (tertiary/aromatic N) is 3. The molecule has 0 bridgehead atoms. The molecule has 0 aliphatic heterocycles. The van der Waals surface area contributed by atoms with Gasteiger partial charge in [-0.25, -0.2) is 4.98 Å². The van der Waals surface area contributed by atoms with Gasteiger partial charge in [-0.15, -0.1) is 0 Å². The zero-order valence-electron chi connectivity index (χ0n) is 13.0. The van der Waals surface area contributed by atoms with Crippen LogP contribution in [0.25, 0.3) is 5.65 Å². The van der Waals surface area contributed by atoms with Gasteiger partial charge in [0.05, 0.1) is 12.1 Å². The average Bonchev–Trinajstić information content (AvgIpc) is 2.95. The van der Waals surface area contributed by atoms with Crippen LogP contribution in [-0.4, -0.2) is 56.4 Å². The topological polar surface area (TPSA) is 86.9 Å². The molecule has 7 heteroatoms. The number of aromatic nitrogens is 2. The van der Waals surface area contributed by atoms with Crippen molar-refractivity contribution in [2.45, 2.75) is 31.8 Å². The molecule has 7 nitrogen and oxygen atoms in total. The number of pyridine rings is 1. The molecule has 2 aromatic rings. The molecule has 2 aromatic heterocycles. The van der Waals surface area contributed by atoms with Gasteiger partial charge in [0.25, 0.3) is 5.91 Å². The maximum absolute atomic E-state index is 12.3. The van der Waals surface area contributed by atoms with Crippen LogP contribution in [0.2, 0.25) is 0 Å². The van der Waals surface area contributed by atoms with Gasteiger partial charge in [-0.1, -0.05) is 6.92 Å². The quantitative estimate of drug-likeness (QED) is 0.830. The Morgan fingerprint density at radius 1 is 1.43 bits per heavy atom. The van der Waals surface area contributed by atoms with Crippen molar-refractivity contribution in [3.63, 3.8) is 0 Å². The minimum atomic E-state index is -0.812. The minimum Gasteiger partial charge on any atom is -0.480 e. The van der Waals surface area contributed by atoms with Crippen molar-refractivity contribution >= 4 is 17.5 Å². The lowest BCUT2D eigenvalue weighted by molar-refractivity contribution is -0.139. The summed E-state index contributed by atoms with van der Waals surface area (Å²) < 4.78 is 1.81. The van der Waals surface area contributed by atoms with E-state index in [1.807, 2.05) is 22.3 Å². The molecule has 122 valence electrons. The lowest BCUT2D eigenvalue weighted by Gasteiger charge is -2.42. The number of carboxylic acids is 1. The highest BCUT2D eigenvalue weighted by Crippen LogP contribution is 2.25.